The lowest BCUT2D eigenvalue weighted by atomic mass is 9.94. The predicted molar refractivity (Wildman–Crippen MR) is 87.5 cm³/mol. The van der Waals surface area contributed by atoms with Crippen molar-refractivity contribution in [3.05, 3.63) is 40.9 Å². The first-order valence-electron chi connectivity index (χ1n) is 7.64. The molecular weight excluding hydrogens is 286 g/mol. The number of nitrogens with one attached hydrogen (secondary N) is 1. The highest BCUT2D eigenvalue weighted by Gasteiger charge is 2.21. The fraction of sp³-hybridized carbons (Fsp3) is 0.529. The summed E-state index contributed by atoms with van der Waals surface area (Å²) in [5.41, 5.74) is 2.61. The molecule has 0 aromatic heterocycles. The van der Waals surface area contributed by atoms with Gasteiger partial charge in [0.25, 0.3) is 0 Å². The zero-order valence-electron chi connectivity index (χ0n) is 12.8. The minimum Gasteiger partial charge on any atom is -0.353 e. The van der Waals surface area contributed by atoms with Gasteiger partial charge in [0.15, 0.2) is 6.29 Å². The highest BCUT2D eigenvalue weighted by atomic mass is 35.5. The summed E-state index contributed by atoms with van der Waals surface area (Å²) in [5.74, 6) is 0. The van der Waals surface area contributed by atoms with Crippen molar-refractivity contribution in [1.82, 2.24) is 5.32 Å². The summed E-state index contributed by atoms with van der Waals surface area (Å²) < 4.78 is 11.3. The van der Waals surface area contributed by atoms with E-state index in [1.165, 1.54) is 11.1 Å². The van der Waals surface area contributed by atoms with E-state index in [9.17, 15) is 0 Å². The van der Waals surface area contributed by atoms with Crippen molar-refractivity contribution in [3.8, 4) is 0 Å². The van der Waals surface area contributed by atoms with Crippen LogP contribution >= 0.6 is 11.6 Å². The van der Waals surface area contributed by atoms with Gasteiger partial charge >= 0.3 is 0 Å². The van der Waals surface area contributed by atoms with E-state index in [0.717, 1.165) is 24.4 Å². The third kappa shape index (κ3) is 5.11. The summed E-state index contributed by atoms with van der Waals surface area (Å²) in [6.45, 7) is 6.24. The average Bonchev–Trinajstić information content (AvgIpc) is 2.49. The van der Waals surface area contributed by atoms with Crippen LogP contribution in [-0.2, 0) is 9.47 Å². The Kier molecular flexibility index (Phi) is 6.71. The lowest BCUT2D eigenvalue weighted by Crippen LogP contribution is -2.37. The molecule has 116 valence electrons. The van der Waals surface area contributed by atoms with Crippen molar-refractivity contribution < 1.29 is 9.47 Å². The van der Waals surface area contributed by atoms with Crippen LogP contribution in [0.15, 0.2) is 30.3 Å². The minimum absolute atomic E-state index is 0.123. The molecule has 2 rings (SSSR count). The largest absolute Gasteiger partial charge is 0.353 e. The van der Waals surface area contributed by atoms with Gasteiger partial charge in [-0.3, -0.25) is 0 Å². The molecule has 0 amide bonds. The molecule has 4 heteroatoms. The van der Waals surface area contributed by atoms with Crippen LogP contribution in [0.3, 0.4) is 0 Å². The van der Waals surface area contributed by atoms with Crippen molar-refractivity contribution in [2.24, 2.45) is 0 Å². The molecule has 0 spiro atoms. The molecule has 0 saturated carbocycles. The van der Waals surface area contributed by atoms with E-state index in [-0.39, 0.29) is 6.29 Å². The molecule has 1 aromatic carbocycles. The van der Waals surface area contributed by atoms with Crippen molar-refractivity contribution in [2.45, 2.75) is 39.0 Å². The normalized spacial score (nSPS) is 18.9. The van der Waals surface area contributed by atoms with Gasteiger partial charge in [-0.05, 0) is 43.5 Å². The van der Waals surface area contributed by atoms with Crippen LogP contribution in [0.4, 0.5) is 0 Å². The van der Waals surface area contributed by atoms with Gasteiger partial charge in [-0.25, -0.2) is 0 Å². The molecule has 1 heterocycles. The van der Waals surface area contributed by atoms with Gasteiger partial charge in [0, 0.05) is 37.2 Å². The van der Waals surface area contributed by atoms with E-state index in [4.69, 9.17) is 21.1 Å². The van der Waals surface area contributed by atoms with Crippen molar-refractivity contribution in [3.63, 3.8) is 0 Å². The van der Waals surface area contributed by atoms with Gasteiger partial charge < -0.3 is 14.8 Å². The predicted octanol–water partition coefficient (Wildman–Crippen LogP) is 3.87. The lowest BCUT2D eigenvalue weighted by molar-refractivity contribution is -0.142. The van der Waals surface area contributed by atoms with E-state index >= 15 is 0 Å². The van der Waals surface area contributed by atoms with Gasteiger partial charge in [0.1, 0.15) is 0 Å². The molecule has 0 aliphatic carbocycles. The first-order chi connectivity index (χ1) is 10.2. The zero-order chi connectivity index (χ0) is 15.1. The monoisotopic (exact) mass is 309 g/mol. The van der Waals surface area contributed by atoms with Crippen LogP contribution in [-0.4, -0.2) is 32.1 Å². The lowest BCUT2D eigenvalue weighted by Gasteiger charge is -2.28. The molecule has 3 nitrogen and oxygen atoms in total. The summed E-state index contributed by atoms with van der Waals surface area (Å²) in [5, 5.41) is 4.29. The molecule has 0 saturated heterocycles. The second-order valence-electron chi connectivity index (χ2n) is 5.12. The molecule has 1 N–H and O–H groups in total. The Labute approximate surface area is 132 Å². The summed E-state index contributed by atoms with van der Waals surface area (Å²) in [7, 11) is 0. The van der Waals surface area contributed by atoms with E-state index in [1.54, 1.807) is 0 Å². The second kappa shape index (κ2) is 8.54. The Bertz CT molecular complexity index is 452. The number of ether oxygens (including phenoxy) is 2. The quantitative estimate of drug-likeness (QED) is 0.776. The van der Waals surface area contributed by atoms with E-state index < -0.39 is 0 Å². The Balaban J connectivity index is 1.96. The molecule has 1 atom stereocenters. The maximum Gasteiger partial charge on any atom is 0.159 e. The average molecular weight is 310 g/mol. The standard InChI is InChI=1S/C17H24ClNO2/c1-3-20-17(21-4-2)12-16-11-14(9-10-19-16)13-5-7-15(18)8-6-13/h5-9,16-17,19H,3-4,10-12H2,1-2H3. The number of hydrogen-bond acceptors (Lipinski definition) is 3. The van der Waals surface area contributed by atoms with Crippen molar-refractivity contribution in [1.29, 1.82) is 0 Å². The van der Waals surface area contributed by atoms with Crippen LogP contribution in [0.1, 0.15) is 32.3 Å². The summed E-state index contributed by atoms with van der Waals surface area (Å²) in [6.07, 6.45) is 3.98. The van der Waals surface area contributed by atoms with Crippen LogP contribution in [0.5, 0.6) is 0 Å². The molecule has 1 aromatic rings. The number of halogens is 1. The van der Waals surface area contributed by atoms with Gasteiger partial charge in [0.2, 0.25) is 0 Å². The SMILES string of the molecule is CCOC(CC1CC(c2ccc(Cl)cc2)=CCN1)OCC. The fourth-order valence-corrected chi connectivity index (χ4v) is 2.75. The third-order valence-corrected chi connectivity index (χ3v) is 3.87. The Hall–Kier alpha value is -0.870. The molecule has 0 bridgehead atoms. The molecular formula is C17H24ClNO2. The van der Waals surface area contributed by atoms with Crippen molar-refractivity contribution >= 4 is 17.2 Å². The molecule has 0 radical (unpaired) electrons. The van der Waals surface area contributed by atoms with E-state index in [0.29, 0.717) is 19.3 Å². The van der Waals surface area contributed by atoms with E-state index in [1.807, 2.05) is 26.0 Å². The second-order valence-corrected chi connectivity index (χ2v) is 5.56. The van der Waals surface area contributed by atoms with Crippen LogP contribution in [0, 0.1) is 0 Å². The highest BCUT2D eigenvalue weighted by molar-refractivity contribution is 6.30. The fourth-order valence-electron chi connectivity index (χ4n) is 2.62. The summed E-state index contributed by atoms with van der Waals surface area (Å²) in [6, 6.07) is 8.43. The maximum atomic E-state index is 5.95. The minimum atomic E-state index is -0.123. The zero-order valence-corrected chi connectivity index (χ0v) is 13.5. The molecule has 1 aliphatic rings. The topological polar surface area (TPSA) is 30.5 Å². The molecule has 0 fully saturated rings. The Morgan fingerprint density at radius 3 is 2.48 bits per heavy atom. The van der Waals surface area contributed by atoms with Crippen LogP contribution < -0.4 is 5.32 Å². The van der Waals surface area contributed by atoms with E-state index in [2.05, 4.69) is 23.5 Å². The van der Waals surface area contributed by atoms with Crippen LogP contribution in [0.2, 0.25) is 5.02 Å². The molecule has 21 heavy (non-hydrogen) atoms. The van der Waals surface area contributed by atoms with Gasteiger partial charge in [-0.1, -0.05) is 29.8 Å². The smallest absolute Gasteiger partial charge is 0.159 e. The highest BCUT2D eigenvalue weighted by Crippen LogP contribution is 2.25. The first-order valence-corrected chi connectivity index (χ1v) is 8.02. The molecule has 1 aliphatic heterocycles. The maximum absolute atomic E-state index is 5.95. The first kappa shape index (κ1) is 16.5. The van der Waals surface area contributed by atoms with Gasteiger partial charge in [-0.15, -0.1) is 0 Å². The van der Waals surface area contributed by atoms with Crippen LogP contribution in [0.25, 0.3) is 5.57 Å². The summed E-state index contributed by atoms with van der Waals surface area (Å²) in [4.78, 5) is 0. The third-order valence-electron chi connectivity index (χ3n) is 3.62. The number of benzene rings is 1. The van der Waals surface area contributed by atoms with Crippen molar-refractivity contribution in [2.75, 3.05) is 19.8 Å². The molecule has 1 unspecified atom stereocenters. The Morgan fingerprint density at radius 1 is 1.19 bits per heavy atom. The van der Waals surface area contributed by atoms with Gasteiger partial charge in [-0.2, -0.15) is 0 Å². The number of rotatable bonds is 7. The number of hydrogen-bond donors (Lipinski definition) is 1. The Morgan fingerprint density at radius 2 is 1.86 bits per heavy atom. The summed E-state index contributed by atoms with van der Waals surface area (Å²) >= 11 is 5.95. The van der Waals surface area contributed by atoms with Gasteiger partial charge in [0.05, 0.1) is 0 Å².